The second-order valence-electron chi connectivity index (χ2n) is 4.28. The van der Waals surface area contributed by atoms with Crippen molar-refractivity contribution in [3.63, 3.8) is 0 Å². The van der Waals surface area contributed by atoms with Crippen LogP contribution in [0.2, 0.25) is 0 Å². The lowest BCUT2D eigenvalue weighted by molar-refractivity contribution is 0.372. The highest BCUT2D eigenvalue weighted by atomic mass is 16.5. The molecule has 0 heterocycles. The maximum Gasteiger partial charge on any atom is 0.160 e. The van der Waals surface area contributed by atoms with Crippen LogP contribution in [0.5, 0.6) is 11.5 Å². The lowest BCUT2D eigenvalue weighted by Crippen LogP contribution is -2.31. The summed E-state index contributed by atoms with van der Waals surface area (Å²) >= 11 is 0. The predicted octanol–water partition coefficient (Wildman–Crippen LogP) is 2.15. The summed E-state index contributed by atoms with van der Waals surface area (Å²) in [6, 6.07) is 5.32. The van der Waals surface area contributed by atoms with Gasteiger partial charge in [0.25, 0.3) is 0 Å². The number of terminal acetylenes is 1. The van der Waals surface area contributed by atoms with Crippen molar-refractivity contribution in [2.75, 3.05) is 7.11 Å². The first-order valence-electron chi connectivity index (χ1n) is 5.64. The van der Waals surface area contributed by atoms with Crippen molar-refractivity contribution in [1.82, 2.24) is 5.32 Å². The van der Waals surface area contributed by atoms with Gasteiger partial charge in [0.1, 0.15) is 0 Å². The molecule has 0 fully saturated rings. The second kappa shape index (κ2) is 6.17. The fourth-order valence-electron chi connectivity index (χ4n) is 1.55. The zero-order chi connectivity index (χ0) is 12.8. The molecule has 0 spiro atoms. The second-order valence-corrected chi connectivity index (χ2v) is 4.28. The van der Waals surface area contributed by atoms with E-state index >= 15 is 0 Å². The van der Waals surface area contributed by atoms with Gasteiger partial charge in [-0.05, 0) is 23.6 Å². The molecule has 17 heavy (non-hydrogen) atoms. The Labute approximate surface area is 103 Å². The number of phenolic OH excluding ortho intramolecular Hbond substituents is 1. The molecule has 92 valence electrons. The van der Waals surface area contributed by atoms with Crippen LogP contribution in [-0.4, -0.2) is 18.3 Å². The number of hydrogen-bond donors (Lipinski definition) is 2. The molecule has 3 heteroatoms. The minimum Gasteiger partial charge on any atom is -0.504 e. The van der Waals surface area contributed by atoms with Crippen LogP contribution in [0, 0.1) is 18.3 Å². The number of nitrogens with one attached hydrogen (secondary N) is 1. The summed E-state index contributed by atoms with van der Waals surface area (Å²) < 4.78 is 5.05. The molecule has 0 saturated heterocycles. The molecule has 0 saturated carbocycles. The largest absolute Gasteiger partial charge is 0.504 e. The van der Waals surface area contributed by atoms with Gasteiger partial charge in [0.15, 0.2) is 11.5 Å². The van der Waals surface area contributed by atoms with E-state index < -0.39 is 0 Å². The summed E-state index contributed by atoms with van der Waals surface area (Å²) in [7, 11) is 1.53. The van der Waals surface area contributed by atoms with Crippen LogP contribution in [-0.2, 0) is 6.54 Å². The minimum atomic E-state index is 0.0507. The first-order chi connectivity index (χ1) is 8.08. The fourth-order valence-corrected chi connectivity index (χ4v) is 1.55. The van der Waals surface area contributed by atoms with E-state index in [9.17, 15) is 5.11 Å². The lowest BCUT2D eigenvalue weighted by Gasteiger charge is -2.16. The van der Waals surface area contributed by atoms with Gasteiger partial charge < -0.3 is 9.84 Å². The summed E-state index contributed by atoms with van der Waals surface area (Å²) in [6.07, 6.45) is 5.44. The van der Waals surface area contributed by atoms with E-state index in [0.717, 1.165) is 5.56 Å². The third-order valence-electron chi connectivity index (χ3n) is 2.62. The third kappa shape index (κ3) is 3.69. The summed E-state index contributed by atoms with van der Waals surface area (Å²) in [6.45, 7) is 4.81. The predicted molar refractivity (Wildman–Crippen MR) is 69.0 cm³/mol. The molecule has 0 bridgehead atoms. The van der Waals surface area contributed by atoms with Gasteiger partial charge >= 0.3 is 0 Å². The Morgan fingerprint density at radius 1 is 1.47 bits per heavy atom. The Morgan fingerprint density at radius 2 is 2.18 bits per heavy atom. The zero-order valence-corrected chi connectivity index (χ0v) is 10.5. The number of methoxy groups -OCH3 is 1. The molecule has 1 unspecified atom stereocenters. The molecule has 0 radical (unpaired) electrons. The molecule has 3 nitrogen and oxygen atoms in total. The van der Waals surface area contributed by atoms with E-state index in [1.807, 2.05) is 6.07 Å². The van der Waals surface area contributed by atoms with Crippen LogP contribution in [0.15, 0.2) is 18.2 Å². The molecule has 1 aromatic rings. The van der Waals surface area contributed by atoms with Crippen molar-refractivity contribution < 1.29 is 9.84 Å². The van der Waals surface area contributed by atoms with E-state index in [-0.39, 0.29) is 11.8 Å². The van der Waals surface area contributed by atoms with Crippen LogP contribution in [0.4, 0.5) is 0 Å². The first-order valence-corrected chi connectivity index (χ1v) is 5.64. The molecule has 0 aliphatic carbocycles. The van der Waals surface area contributed by atoms with Crippen molar-refractivity contribution in [2.24, 2.45) is 5.92 Å². The van der Waals surface area contributed by atoms with Crippen LogP contribution >= 0.6 is 0 Å². The van der Waals surface area contributed by atoms with Gasteiger partial charge in [0.2, 0.25) is 0 Å². The molecule has 0 aliphatic rings. The summed E-state index contributed by atoms with van der Waals surface area (Å²) in [5, 5.41) is 12.8. The molecule has 2 N–H and O–H groups in total. The standard InChI is InChI=1S/C14H19NO2/c1-5-12(10(2)3)15-9-11-6-7-13(16)14(8-11)17-4/h1,6-8,10,12,15-16H,9H2,2-4H3. The number of benzene rings is 1. The molecule has 1 rings (SSSR count). The first kappa shape index (κ1) is 13.4. The Balaban J connectivity index is 2.67. The number of aromatic hydroxyl groups is 1. The van der Waals surface area contributed by atoms with Crippen molar-refractivity contribution in [2.45, 2.75) is 26.4 Å². The topological polar surface area (TPSA) is 41.5 Å². The number of ether oxygens (including phenoxy) is 1. The van der Waals surface area contributed by atoms with E-state index in [2.05, 4.69) is 25.1 Å². The van der Waals surface area contributed by atoms with Gasteiger partial charge in [-0.2, -0.15) is 0 Å². The Morgan fingerprint density at radius 3 is 2.71 bits per heavy atom. The van der Waals surface area contributed by atoms with Gasteiger partial charge in [-0.25, -0.2) is 0 Å². The smallest absolute Gasteiger partial charge is 0.160 e. The van der Waals surface area contributed by atoms with E-state index in [1.54, 1.807) is 12.1 Å². The van der Waals surface area contributed by atoms with Crippen molar-refractivity contribution in [3.8, 4) is 23.8 Å². The van der Waals surface area contributed by atoms with Crippen molar-refractivity contribution >= 4 is 0 Å². The number of rotatable bonds is 5. The minimum absolute atomic E-state index is 0.0507. The fraction of sp³-hybridized carbons (Fsp3) is 0.429. The Hall–Kier alpha value is -1.66. The summed E-state index contributed by atoms with van der Waals surface area (Å²) in [5.41, 5.74) is 1.03. The highest BCUT2D eigenvalue weighted by molar-refractivity contribution is 5.41. The van der Waals surface area contributed by atoms with Crippen molar-refractivity contribution in [1.29, 1.82) is 0 Å². The SMILES string of the molecule is C#CC(NCc1ccc(O)c(OC)c1)C(C)C. The monoisotopic (exact) mass is 233 g/mol. The molecule has 0 amide bonds. The van der Waals surface area contributed by atoms with Gasteiger partial charge in [-0.15, -0.1) is 6.42 Å². The molecule has 0 aromatic heterocycles. The highest BCUT2D eigenvalue weighted by Crippen LogP contribution is 2.26. The lowest BCUT2D eigenvalue weighted by atomic mass is 10.0. The maximum absolute atomic E-state index is 9.47. The quantitative estimate of drug-likeness (QED) is 0.766. The average Bonchev–Trinajstić information content (AvgIpc) is 2.31. The Bertz CT molecular complexity index is 407. The van der Waals surface area contributed by atoms with Crippen LogP contribution in [0.1, 0.15) is 19.4 Å². The average molecular weight is 233 g/mol. The van der Waals surface area contributed by atoms with Crippen LogP contribution in [0.3, 0.4) is 0 Å². The zero-order valence-electron chi connectivity index (χ0n) is 10.5. The van der Waals surface area contributed by atoms with Crippen molar-refractivity contribution in [3.05, 3.63) is 23.8 Å². The van der Waals surface area contributed by atoms with E-state index in [4.69, 9.17) is 11.2 Å². The van der Waals surface area contributed by atoms with E-state index in [1.165, 1.54) is 7.11 Å². The van der Waals surface area contributed by atoms with E-state index in [0.29, 0.717) is 18.2 Å². The number of phenols is 1. The summed E-state index contributed by atoms with van der Waals surface area (Å²) in [5.74, 6) is 3.73. The van der Waals surface area contributed by atoms with Gasteiger partial charge in [-0.3, -0.25) is 5.32 Å². The highest BCUT2D eigenvalue weighted by Gasteiger charge is 2.09. The maximum atomic E-state index is 9.47. The molecule has 1 atom stereocenters. The molecular formula is C14H19NO2. The van der Waals surface area contributed by atoms with Gasteiger partial charge in [0.05, 0.1) is 13.2 Å². The third-order valence-corrected chi connectivity index (χ3v) is 2.62. The number of hydrogen-bond acceptors (Lipinski definition) is 3. The molecule has 1 aromatic carbocycles. The van der Waals surface area contributed by atoms with Gasteiger partial charge in [0, 0.05) is 6.54 Å². The molecule has 0 aliphatic heterocycles. The van der Waals surface area contributed by atoms with Crippen LogP contribution in [0.25, 0.3) is 0 Å². The molecular weight excluding hydrogens is 214 g/mol. The summed E-state index contributed by atoms with van der Waals surface area (Å²) in [4.78, 5) is 0. The Kier molecular flexibility index (Phi) is 4.86. The van der Waals surface area contributed by atoms with Crippen LogP contribution < -0.4 is 10.1 Å². The normalized spacial score (nSPS) is 12.2. The van der Waals surface area contributed by atoms with Gasteiger partial charge in [-0.1, -0.05) is 25.8 Å².